The number of thioether (sulfide) groups is 1. The van der Waals surface area contributed by atoms with E-state index in [0.717, 1.165) is 18.5 Å². The van der Waals surface area contributed by atoms with E-state index in [9.17, 15) is 15.2 Å². The number of pyridine rings is 1. The van der Waals surface area contributed by atoms with Gasteiger partial charge in [-0.25, -0.2) is 4.98 Å². The zero-order valence-electron chi connectivity index (χ0n) is 14.1. The molecule has 0 spiro atoms. The lowest BCUT2D eigenvalue weighted by molar-refractivity contribution is 0.0580. The van der Waals surface area contributed by atoms with Gasteiger partial charge in [-0.1, -0.05) is 18.7 Å². The van der Waals surface area contributed by atoms with Crippen LogP contribution in [-0.4, -0.2) is 31.0 Å². The van der Waals surface area contributed by atoms with Gasteiger partial charge in [0.15, 0.2) is 5.16 Å². The van der Waals surface area contributed by atoms with Crippen LogP contribution in [0.1, 0.15) is 37.9 Å². The van der Waals surface area contributed by atoms with Crippen LogP contribution in [0.25, 0.3) is 11.3 Å². The molecule has 2 aromatic rings. The maximum absolute atomic E-state index is 12.7. The molecule has 1 saturated carbocycles. The van der Waals surface area contributed by atoms with Crippen LogP contribution >= 0.6 is 11.8 Å². The second kappa shape index (κ2) is 5.41. The predicted octanol–water partition coefficient (Wildman–Crippen LogP) is 2.09. The minimum atomic E-state index is -0.986. The molecule has 0 aromatic carbocycles. The Labute approximate surface area is 149 Å². The smallest absolute Gasteiger partial charge is 0.272 e. The summed E-state index contributed by atoms with van der Waals surface area (Å²) in [6, 6.07) is 5.83. The first-order valence-electron chi connectivity index (χ1n) is 8.20. The molecule has 25 heavy (non-hydrogen) atoms. The average Bonchev–Trinajstić information content (AvgIpc) is 3.34. The number of aromatic nitrogens is 3. The van der Waals surface area contributed by atoms with Crippen LogP contribution < -0.4 is 5.56 Å². The van der Waals surface area contributed by atoms with Crippen molar-refractivity contribution in [2.75, 3.05) is 5.75 Å². The van der Waals surface area contributed by atoms with Gasteiger partial charge in [0.05, 0.1) is 17.8 Å². The zero-order valence-corrected chi connectivity index (χ0v) is 14.9. The molecule has 1 N–H and O–H groups in total. The van der Waals surface area contributed by atoms with Crippen LogP contribution in [0, 0.1) is 11.3 Å². The van der Waals surface area contributed by atoms with Crippen molar-refractivity contribution in [2.24, 2.45) is 0 Å². The fourth-order valence-corrected chi connectivity index (χ4v) is 4.03. The topological polar surface area (TPSA) is 91.8 Å². The molecule has 2 aliphatic rings. The molecule has 0 saturated heterocycles. The molecule has 0 amide bonds. The molecular formula is C18H18N4O2S. The summed E-state index contributed by atoms with van der Waals surface area (Å²) in [4.78, 5) is 21.8. The summed E-state index contributed by atoms with van der Waals surface area (Å²) in [5, 5.41) is 20.2. The molecule has 0 bridgehead atoms. The number of aliphatic hydroxyl groups is 1. The summed E-state index contributed by atoms with van der Waals surface area (Å²) in [7, 11) is 0. The largest absolute Gasteiger partial charge is 0.387 e. The first-order chi connectivity index (χ1) is 11.8. The van der Waals surface area contributed by atoms with Gasteiger partial charge in [0.2, 0.25) is 0 Å². The molecule has 0 radical (unpaired) electrons. The minimum absolute atomic E-state index is 0.00534. The van der Waals surface area contributed by atoms with E-state index in [-0.39, 0.29) is 17.5 Å². The van der Waals surface area contributed by atoms with Crippen molar-refractivity contribution in [1.29, 1.82) is 5.26 Å². The molecular weight excluding hydrogens is 336 g/mol. The zero-order chi connectivity index (χ0) is 17.8. The van der Waals surface area contributed by atoms with Crippen molar-refractivity contribution in [3.63, 3.8) is 0 Å². The highest BCUT2D eigenvalue weighted by atomic mass is 32.2. The van der Waals surface area contributed by atoms with Gasteiger partial charge in [-0.05, 0) is 31.9 Å². The highest BCUT2D eigenvalue weighted by Crippen LogP contribution is 2.46. The van der Waals surface area contributed by atoms with E-state index in [2.05, 4.69) is 16.9 Å². The van der Waals surface area contributed by atoms with Crippen molar-refractivity contribution < 1.29 is 5.11 Å². The van der Waals surface area contributed by atoms with Gasteiger partial charge in [-0.15, -0.1) is 0 Å². The van der Waals surface area contributed by atoms with Crippen LogP contribution in [0.4, 0.5) is 0 Å². The molecule has 1 aliphatic carbocycles. The van der Waals surface area contributed by atoms with Crippen LogP contribution in [-0.2, 0) is 12.0 Å². The molecule has 2 aromatic heterocycles. The van der Waals surface area contributed by atoms with E-state index in [0.29, 0.717) is 22.2 Å². The Morgan fingerprint density at radius 2 is 2.12 bits per heavy atom. The van der Waals surface area contributed by atoms with Gasteiger partial charge in [-0.3, -0.25) is 14.3 Å². The summed E-state index contributed by atoms with van der Waals surface area (Å²) in [5.41, 5.74) is 0.842. The number of nitrogens with zero attached hydrogens (tertiary/aromatic N) is 4. The fourth-order valence-electron chi connectivity index (χ4n) is 3.04. The normalized spacial score (nSPS) is 23.6. The summed E-state index contributed by atoms with van der Waals surface area (Å²) in [6.07, 6.45) is 3.97. The summed E-state index contributed by atoms with van der Waals surface area (Å²) < 4.78 is 1.39. The Morgan fingerprint density at radius 3 is 2.72 bits per heavy atom. The predicted molar refractivity (Wildman–Crippen MR) is 94.4 cm³/mol. The number of hydrogen-bond donors (Lipinski definition) is 1. The van der Waals surface area contributed by atoms with Crippen LogP contribution in [0.5, 0.6) is 0 Å². The third-order valence-electron chi connectivity index (χ3n) is 4.91. The van der Waals surface area contributed by atoms with Crippen molar-refractivity contribution in [3.05, 3.63) is 39.9 Å². The number of rotatable bonds is 2. The van der Waals surface area contributed by atoms with Gasteiger partial charge in [0.25, 0.3) is 5.56 Å². The maximum Gasteiger partial charge on any atom is 0.272 e. The average molecular weight is 354 g/mol. The second-order valence-electron chi connectivity index (χ2n) is 7.40. The van der Waals surface area contributed by atoms with Gasteiger partial charge < -0.3 is 5.11 Å². The number of hydrogen-bond acceptors (Lipinski definition) is 6. The lowest BCUT2D eigenvalue weighted by Crippen LogP contribution is -2.42. The monoisotopic (exact) mass is 354 g/mol. The van der Waals surface area contributed by atoms with E-state index in [1.807, 2.05) is 18.2 Å². The van der Waals surface area contributed by atoms with Crippen molar-refractivity contribution in [2.45, 2.75) is 49.4 Å². The number of nitriles is 1. The lowest BCUT2D eigenvalue weighted by atomic mass is 10.0. The van der Waals surface area contributed by atoms with Gasteiger partial charge in [0.1, 0.15) is 11.6 Å². The Balaban J connectivity index is 1.82. The third kappa shape index (κ3) is 2.75. The molecule has 6 nitrogen and oxygen atoms in total. The first kappa shape index (κ1) is 16.3. The molecule has 1 aliphatic heterocycles. The number of fused-ring (bicyclic) bond motifs is 1. The second-order valence-corrected chi connectivity index (χ2v) is 8.34. The maximum atomic E-state index is 12.7. The molecule has 4 rings (SSSR count). The first-order valence-corrected chi connectivity index (χ1v) is 9.19. The molecule has 1 fully saturated rings. The fraction of sp³-hybridized carbons (Fsp3) is 0.444. The van der Waals surface area contributed by atoms with Crippen LogP contribution in [0.15, 0.2) is 28.3 Å². The van der Waals surface area contributed by atoms with E-state index in [1.165, 1.54) is 16.3 Å². The Morgan fingerprint density at radius 1 is 1.36 bits per heavy atom. The summed E-state index contributed by atoms with van der Waals surface area (Å²) >= 11 is 1.33. The van der Waals surface area contributed by atoms with Crippen molar-refractivity contribution in [1.82, 2.24) is 14.5 Å². The van der Waals surface area contributed by atoms with Gasteiger partial charge >= 0.3 is 0 Å². The van der Waals surface area contributed by atoms with E-state index in [4.69, 9.17) is 0 Å². The van der Waals surface area contributed by atoms with Crippen molar-refractivity contribution >= 4 is 11.8 Å². The SMILES string of the molecule is CC1(c2ccc(-c3nc4n(c(=O)c3C#N)C[C@](C)(O)CS4)cn2)CC1. The molecule has 0 unspecified atom stereocenters. The Hall–Kier alpha value is -2.17. The van der Waals surface area contributed by atoms with E-state index in [1.54, 1.807) is 13.1 Å². The molecule has 7 heteroatoms. The molecule has 128 valence electrons. The van der Waals surface area contributed by atoms with Crippen molar-refractivity contribution in [3.8, 4) is 17.3 Å². The molecule has 1 atom stereocenters. The lowest BCUT2D eigenvalue weighted by Gasteiger charge is -2.30. The minimum Gasteiger partial charge on any atom is -0.387 e. The summed E-state index contributed by atoms with van der Waals surface area (Å²) in [6.45, 7) is 4.00. The molecule has 3 heterocycles. The van der Waals surface area contributed by atoms with Gasteiger partial charge in [0, 0.05) is 28.6 Å². The summed E-state index contributed by atoms with van der Waals surface area (Å²) in [5.74, 6) is 0.459. The standard InChI is InChI=1S/C18H18N4O2S/c1-17(5-6-17)13-4-3-11(8-20-13)14-12(7-19)15(23)22-9-18(2,24)10-25-16(22)21-14/h3-4,8,24H,5-6,9-10H2,1-2H3/t18-/m0/s1. The van der Waals surface area contributed by atoms with E-state index < -0.39 is 11.2 Å². The third-order valence-corrected chi connectivity index (χ3v) is 6.25. The highest BCUT2D eigenvalue weighted by Gasteiger charge is 2.40. The van der Waals surface area contributed by atoms with Crippen LogP contribution in [0.3, 0.4) is 0 Å². The van der Waals surface area contributed by atoms with E-state index >= 15 is 0 Å². The van der Waals surface area contributed by atoms with Gasteiger partial charge in [-0.2, -0.15) is 5.26 Å². The quantitative estimate of drug-likeness (QED) is 0.830. The van der Waals surface area contributed by atoms with Crippen LogP contribution in [0.2, 0.25) is 0 Å². The Kier molecular flexibility index (Phi) is 3.53. The highest BCUT2D eigenvalue weighted by molar-refractivity contribution is 7.99. The Bertz CT molecular complexity index is 953.